The van der Waals surface area contributed by atoms with Gasteiger partial charge in [0.1, 0.15) is 0 Å². The molecule has 1 fully saturated rings. The summed E-state index contributed by atoms with van der Waals surface area (Å²) in [6, 6.07) is 0.262. The third-order valence-electron chi connectivity index (χ3n) is 2.53. The SMILES string of the molecule is C=C(C)C(NN)C1SCCSC1CC. The first-order valence-corrected chi connectivity index (χ1v) is 7.15. The lowest BCUT2D eigenvalue weighted by Crippen LogP contribution is -2.48. The Labute approximate surface area is 95.4 Å². The highest BCUT2D eigenvalue weighted by atomic mass is 32.2. The topological polar surface area (TPSA) is 38.0 Å². The first-order valence-electron chi connectivity index (χ1n) is 5.05. The van der Waals surface area contributed by atoms with Crippen LogP contribution in [-0.4, -0.2) is 28.0 Å². The molecule has 1 aliphatic rings. The van der Waals surface area contributed by atoms with Gasteiger partial charge in [0, 0.05) is 22.0 Å². The molecule has 1 heterocycles. The zero-order chi connectivity index (χ0) is 10.6. The van der Waals surface area contributed by atoms with E-state index in [9.17, 15) is 0 Å². The highest BCUT2D eigenvalue weighted by Crippen LogP contribution is 2.36. The van der Waals surface area contributed by atoms with Gasteiger partial charge in [-0.1, -0.05) is 19.1 Å². The second-order valence-electron chi connectivity index (χ2n) is 3.64. The van der Waals surface area contributed by atoms with E-state index in [-0.39, 0.29) is 6.04 Å². The van der Waals surface area contributed by atoms with E-state index in [2.05, 4.69) is 37.6 Å². The van der Waals surface area contributed by atoms with Crippen LogP contribution in [0.5, 0.6) is 0 Å². The Hall–Kier alpha value is 0.360. The Balaban J connectivity index is 2.65. The number of nitrogens with two attached hydrogens (primary N) is 1. The number of hydrogen-bond donors (Lipinski definition) is 2. The van der Waals surface area contributed by atoms with Crippen LogP contribution in [0.1, 0.15) is 20.3 Å². The summed E-state index contributed by atoms with van der Waals surface area (Å²) in [7, 11) is 0. The van der Waals surface area contributed by atoms with Gasteiger partial charge in [0.2, 0.25) is 0 Å². The smallest absolute Gasteiger partial charge is 0.0544 e. The van der Waals surface area contributed by atoms with Gasteiger partial charge in [-0.2, -0.15) is 23.5 Å². The third kappa shape index (κ3) is 2.92. The van der Waals surface area contributed by atoms with Crippen LogP contribution in [0.4, 0.5) is 0 Å². The number of hydrazine groups is 1. The van der Waals surface area contributed by atoms with Crippen LogP contribution in [0.15, 0.2) is 12.2 Å². The first-order chi connectivity index (χ1) is 6.70. The number of thioether (sulfide) groups is 2. The quantitative estimate of drug-likeness (QED) is 0.442. The maximum atomic E-state index is 5.59. The van der Waals surface area contributed by atoms with Crippen molar-refractivity contribution < 1.29 is 0 Å². The van der Waals surface area contributed by atoms with E-state index in [4.69, 9.17) is 5.84 Å². The Morgan fingerprint density at radius 3 is 2.71 bits per heavy atom. The molecule has 14 heavy (non-hydrogen) atoms. The van der Waals surface area contributed by atoms with Crippen molar-refractivity contribution in [1.82, 2.24) is 5.43 Å². The van der Waals surface area contributed by atoms with Crippen molar-refractivity contribution in [2.45, 2.75) is 36.8 Å². The second-order valence-corrected chi connectivity index (χ2v) is 6.28. The van der Waals surface area contributed by atoms with Gasteiger partial charge in [-0.25, -0.2) is 0 Å². The van der Waals surface area contributed by atoms with Crippen molar-refractivity contribution in [3.63, 3.8) is 0 Å². The van der Waals surface area contributed by atoms with E-state index in [1.165, 1.54) is 17.9 Å². The standard InChI is InChI=1S/C10H20N2S2/c1-4-8-10(14-6-5-13-8)9(12-11)7(2)3/h8-10,12H,2,4-6,11H2,1,3H3. The zero-order valence-corrected chi connectivity index (χ0v) is 10.6. The van der Waals surface area contributed by atoms with Crippen molar-refractivity contribution in [3.8, 4) is 0 Å². The lowest BCUT2D eigenvalue weighted by Gasteiger charge is -2.35. The minimum absolute atomic E-state index is 0.262. The lowest BCUT2D eigenvalue weighted by atomic mass is 10.0. The van der Waals surface area contributed by atoms with Crippen molar-refractivity contribution in [2.75, 3.05) is 11.5 Å². The van der Waals surface area contributed by atoms with Crippen LogP contribution in [0, 0.1) is 0 Å². The summed E-state index contributed by atoms with van der Waals surface area (Å²) in [4.78, 5) is 0. The van der Waals surface area contributed by atoms with Crippen LogP contribution in [0.3, 0.4) is 0 Å². The predicted molar refractivity (Wildman–Crippen MR) is 68.7 cm³/mol. The van der Waals surface area contributed by atoms with Crippen LogP contribution in [0.2, 0.25) is 0 Å². The Morgan fingerprint density at radius 1 is 1.57 bits per heavy atom. The van der Waals surface area contributed by atoms with Gasteiger partial charge < -0.3 is 0 Å². The van der Waals surface area contributed by atoms with Gasteiger partial charge in [-0.3, -0.25) is 11.3 Å². The fourth-order valence-electron chi connectivity index (χ4n) is 1.76. The Morgan fingerprint density at radius 2 is 2.21 bits per heavy atom. The summed E-state index contributed by atoms with van der Waals surface area (Å²) in [5.41, 5.74) is 4.05. The van der Waals surface area contributed by atoms with E-state index >= 15 is 0 Å². The molecular weight excluding hydrogens is 212 g/mol. The van der Waals surface area contributed by atoms with Crippen molar-refractivity contribution >= 4 is 23.5 Å². The molecule has 4 heteroatoms. The van der Waals surface area contributed by atoms with Crippen LogP contribution >= 0.6 is 23.5 Å². The average molecular weight is 232 g/mol. The molecule has 3 unspecified atom stereocenters. The van der Waals surface area contributed by atoms with Gasteiger partial charge in [-0.15, -0.1) is 0 Å². The molecule has 0 spiro atoms. The van der Waals surface area contributed by atoms with Crippen molar-refractivity contribution in [2.24, 2.45) is 5.84 Å². The van der Waals surface area contributed by atoms with Crippen molar-refractivity contribution in [1.29, 1.82) is 0 Å². The molecule has 0 bridgehead atoms. The average Bonchev–Trinajstić information content (AvgIpc) is 2.19. The second kappa shape index (κ2) is 6.05. The molecule has 0 amide bonds. The number of nitrogens with one attached hydrogen (secondary N) is 1. The molecule has 0 aromatic heterocycles. The minimum atomic E-state index is 0.262. The van der Waals surface area contributed by atoms with Gasteiger partial charge in [0.05, 0.1) is 6.04 Å². The monoisotopic (exact) mass is 232 g/mol. The predicted octanol–water partition coefficient (Wildman–Crippen LogP) is 2.02. The van der Waals surface area contributed by atoms with E-state index in [1.54, 1.807) is 0 Å². The fourth-order valence-corrected chi connectivity index (χ4v) is 5.07. The minimum Gasteiger partial charge on any atom is -0.271 e. The maximum absolute atomic E-state index is 5.59. The summed E-state index contributed by atoms with van der Waals surface area (Å²) in [5, 5.41) is 1.30. The normalized spacial score (nSPS) is 29.9. The summed E-state index contributed by atoms with van der Waals surface area (Å²) >= 11 is 4.11. The summed E-state index contributed by atoms with van der Waals surface area (Å²) < 4.78 is 0. The molecule has 3 atom stereocenters. The zero-order valence-electron chi connectivity index (χ0n) is 8.95. The molecule has 0 saturated carbocycles. The third-order valence-corrected chi connectivity index (χ3v) is 5.88. The molecule has 0 aromatic rings. The molecular formula is C10H20N2S2. The molecule has 2 nitrogen and oxygen atoms in total. The van der Waals surface area contributed by atoms with Crippen LogP contribution < -0.4 is 11.3 Å². The fraction of sp³-hybridized carbons (Fsp3) is 0.800. The Kier molecular flexibility index (Phi) is 5.38. The molecule has 1 rings (SSSR count). The van der Waals surface area contributed by atoms with Gasteiger partial charge in [0.15, 0.2) is 0 Å². The molecule has 3 N–H and O–H groups in total. The summed E-state index contributed by atoms with van der Waals surface area (Å²) in [6.45, 7) is 8.31. The largest absolute Gasteiger partial charge is 0.271 e. The first kappa shape index (κ1) is 12.4. The van der Waals surface area contributed by atoms with Crippen LogP contribution in [-0.2, 0) is 0 Å². The van der Waals surface area contributed by atoms with Gasteiger partial charge >= 0.3 is 0 Å². The van der Waals surface area contributed by atoms with Crippen LogP contribution in [0.25, 0.3) is 0 Å². The molecule has 82 valence electrons. The van der Waals surface area contributed by atoms with Crippen molar-refractivity contribution in [3.05, 3.63) is 12.2 Å². The maximum Gasteiger partial charge on any atom is 0.0544 e. The molecule has 0 radical (unpaired) electrons. The molecule has 1 aliphatic heterocycles. The summed E-state index contributed by atoms with van der Waals surface area (Å²) in [6.07, 6.45) is 1.22. The van der Waals surface area contributed by atoms with E-state index < -0.39 is 0 Å². The molecule has 1 saturated heterocycles. The van der Waals surface area contributed by atoms with Gasteiger partial charge in [-0.05, 0) is 13.3 Å². The molecule has 0 aromatic carbocycles. The Bertz CT molecular complexity index is 197. The summed E-state index contributed by atoms with van der Waals surface area (Å²) in [5.74, 6) is 8.09. The van der Waals surface area contributed by atoms with E-state index in [0.29, 0.717) is 10.5 Å². The lowest BCUT2D eigenvalue weighted by molar-refractivity contribution is 0.549. The molecule has 0 aliphatic carbocycles. The highest BCUT2D eigenvalue weighted by Gasteiger charge is 2.31. The van der Waals surface area contributed by atoms with E-state index in [0.717, 1.165) is 5.57 Å². The number of hydrogen-bond acceptors (Lipinski definition) is 4. The van der Waals surface area contributed by atoms with E-state index in [1.807, 2.05) is 11.8 Å². The van der Waals surface area contributed by atoms with Gasteiger partial charge in [0.25, 0.3) is 0 Å². The number of rotatable bonds is 4. The highest BCUT2D eigenvalue weighted by molar-refractivity contribution is 8.07.